The van der Waals surface area contributed by atoms with Crippen LogP contribution in [0.15, 0.2) is 53.6 Å². The number of hydrogen-bond donors (Lipinski definition) is 4. The minimum atomic E-state index is -2.56. The summed E-state index contributed by atoms with van der Waals surface area (Å²) in [6, 6.07) is 8.20. The summed E-state index contributed by atoms with van der Waals surface area (Å²) in [6.45, 7) is 9.24. The fourth-order valence-corrected chi connectivity index (χ4v) is 10.4. The SMILES string of the molecule is CO[C@H]1C[C@@H](C)C/C(C)=C/[C@@H](CCOC(=O)NCc2ccccc2)C(=O)C[C@H](O)[C@@H](C)[C@@H](/C(C)=C/[C@@H]2CC[C@@H](O)[C@H](OC)C2)OC(=O)[C@@H]2CCCCN2C(=O)C(=O)[C@]2(O)O[C@H]1[C@@H](OC)C[C@H]2C. The topological polar surface area (TPSA) is 217 Å². The van der Waals surface area contributed by atoms with Crippen molar-refractivity contribution < 1.29 is 67.7 Å². The van der Waals surface area contributed by atoms with Crippen LogP contribution in [0.4, 0.5) is 4.79 Å². The Bertz CT molecular complexity index is 1890. The molecule has 4 N–H and O–H groups in total. The molecular formula is C51H76N2O14. The maximum absolute atomic E-state index is 14.5. The molecule has 0 unspecified atom stereocenters. The number of rotatable bonds is 10. The molecule has 0 spiro atoms. The number of nitrogens with zero attached hydrogens (tertiary/aromatic N) is 1. The Morgan fingerprint density at radius 2 is 1.58 bits per heavy atom. The number of amides is 2. The summed E-state index contributed by atoms with van der Waals surface area (Å²) in [7, 11) is 4.56. The lowest BCUT2D eigenvalue weighted by molar-refractivity contribution is -0.302. The highest BCUT2D eigenvalue weighted by molar-refractivity contribution is 6.39. The van der Waals surface area contributed by atoms with Gasteiger partial charge in [0.1, 0.15) is 24.0 Å². The predicted octanol–water partition coefficient (Wildman–Crippen LogP) is 5.38. The van der Waals surface area contributed by atoms with Gasteiger partial charge in [0.15, 0.2) is 0 Å². The van der Waals surface area contributed by atoms with Gasteiger partial charge in [0.25, 0.3) is 11.7 Å². The molecule has 14 atom stereocenters. The molecule has 3 aliphatic heterocycles. The van der Waals surface area contributed by atoms with Crippen molar-refractivity contribution >= 4 is 29.5 Å². The number of alkyl carbamates (subject to hydrolysis) is 1. The summed E-state index contributed by atoms with van der Waals surface area (Å²) in [4.78, 5) is 71.5. The first kappa shape index (κ1) is 53.9. The fourth-order valence-electron chi connectivity index (χ4n) is 10.4. The van der Waals surface area contributed by atoms with Gasteiger partial charge in [0.05, 0.1) is 37.1 Å². The number of methoxy groups -OCH3 is 3. The molecule has 1 aromatic rings. The lowest BCUT2D eigenvalue weighted by atomic mass is 9.81. The van der Waals surface area contributed by atoms with Gasteiger partial charge in [-0.25, -0.2) is 9.59 Å². The van der Waals surface area contributed by atoms with Crippen molar-refractivity contribution in [1.29, 1.82) is 0 Å². The number of carbonyl (C=O) groups is 5. The molecule has 2 bridgehead atoms. The number of aliphatic hydroxyl groups excluding tert-OH is 2. The minimum absolute atomic E-state index is 0.0538. The van der Waals surface area contributed by atoms with E-state index in [2.05, 4.69) is 5.32 Å². The van der Waals surface area contributed by atoms with E-state index in [0.717, 1.165) is 16.0 Å². The normalized spacial score (nSPS) is 36.5. The minimum Gasteiger partial charge on any atom is -0.456 e. The lowest BCUT2D eigenvalue weighted by Gasteiger charge is -2.47. The third kappa shape index (κ3) is 14.0. The summed E-state index contributed by atoms with van der Waals surface area (Å²) in [6.07, 6.45) is 1.31. The number of benzene rings is 1. The number of Topliss-reactive ketones (excluding diaryl/α,β-unsaturated/α-hetero) is 2. The third-order valence-electron chi connectivity index (χ3n) is 14.4. The van der Waals surface area contributed by atoms with Crippen molar-refractivity contribution in [3.63, 3.8) is 0 Å². The molecule has 1 aliphatic carbocycles. The van der Waals surface area contributed by atoms with Crippen molar-refractivity contribution in [2.75, 3.05) is 34.5 Å². The Balaban J connectivity index is 1.50. The summed E-state index contributed by atoms with van der Waals surface area (Å²) in [5.74, 6) is -8.52. The van der Waals surface area contributed by atoms with Gasteiger partial charge in [0, 0.05) is 58.6 Å². The highest BCUT2D eigenvalue weighted by atomic mass is 16.7. The third-order valence-corrected chi connectivity index (χ3v) is 14.4. The molecule has 67 heavy (non-hydrogen) atoms. The van der Waals surface area contributed by atoms with E-state index in [4.69, 9.17) is 28.4 Å². The second kappa shape index (κ2) is 25.0. The second-order valence-electron chi connectivity index (χ2n) is 19.5. The highest BCUT2D eigenvalue weighted by Gasteiger charge is 2.56. The Morgan fingerprint density at radius 1 is 0.896 bits per heavy atom. The van der Waals surface area contributed by atoms with Crippen molar-refractivity contribution in [2.45, 2.75) is 166 Å². The van der Waals surface area contributed by atoms with E-state index in [-0.39, 0.29) is 63.0 Å². The van der Waals surface area contributed by atoms with E-state index in [1.807, 2.05) is 56.3 Å². The van der Waals surface area contributed by atoms with Crippen molar-refractivity contribution in [3.8, 4) is 0 Å². The van der Waals surface area contributed by atoms with E-state index < -0.39 is 96.1 Å². The second-order valence-corrected chi connectivity index (χ2v) is 19.5. The maximum Gasteiger partial charge on any atom is 0.407 e. The van der Waals surface area contributed by atoms with Crippen LogP contribution in [0.5, 0.6) is 0 Å². The molecule has 2 amide bonds. The van der Waals surface area contributed by atoms with Crippen molar-refractivity contribution in [3.05, 3.63) is 59.2 Å². The molecule has 16 heteroatoms. The maximum atomic E-state index is 14.5. The Kier molecular flexibility index (Phi) is 20.1. The van der Waals surface area contributed by atoms with Crippen molar-refractivity contribution in [1.82, 2.24) is 10.2 Å². The van der Waals surface area contributed by atoms with Gasteiger partial charge in [-0.2, -0.15) is 0 Å². The van der Waals surface area contributed by atoms with E-state index in [0.29, 0.717) is 50.5 Å². The first-order valence-electron chi connectivity index (χ1n) is 24.1. The largest absolute Gasteiger partial charge is 0.456 e. The molecule has 16 nitrogen and oxygen atoms in total. The fraction of sp³-hybridized carbons (Fsp3) is 0.706. The van der Waals surface area contributed by atoms with Crippen molar-refractivity contribution in [2.24, 2.45) is 29.6 Å². The first-order chi connectivity index (χ1) is 31.9. The van der Waals surface area contributed by atoms with Gasteiger partial charge in [-0.3, -0.25) is 14.4 Å². The molecule has 0 aromatic heterocycles. The number of hydrogen-bond acceptors (Lipinski definition) is 14. The van der Waals surface area contributed by atoms with Gasteiger partial charge in [-0.15, -0.1) is 0 Å². The van der Waals surface area contributed by atoms with Crippen LogP contribution in [0, 0.1) is 29.6 Å². The average Bonchev–Trinajstić information content (AvgIpc) is 3.31. The molecule has 0 radical (unpaired) electrons. The number of ether oxygens (including phenoxy) is 6. The van der Waals surface area contributed by atoms with Crippen LogP contribution in [0.1, 0.15) is 111 Å². The molecule has 3 heterocycles. The Hall–Kier alpha value is -4.03. The summed E-state index contributed by atoms with van der Waals surface area (Å²) in [5.41, 5.74) is 2.36. The number of allylic oxidation sites excluding steroid dienone is 3. The van der Waals surface area contributed by atoms with Gasteiger partial charge in [-0.1, -0.05) is 68.8 Å². The number of ketones is 2. The molecule has 374 valence electrons. The quantitative estimate of drug-likeness (QED) is 0.132. The zero-order valence-electron chi connectivity index (χ0n) is 40.7. The van der Waals surface area contributed by atoms with Gasteiger partial charge in [0.2, 0.25) is 5.79 Å². The van der Waals surface area contributed by atoms with Crippen LogP contribution < -0.4 is 5.32 Å². The predicted molar refractivity (Wildman–Crippen MR) is 247 cm³/mol. The average molecular weight is 941 g/mol. The van der Waals surface area contributed by atoms with E-state index in [9.17, 15) is 39.3 Å². The zero-order chi connectivity index (χ0) is 49.0. The number of carbonyl (C=O) groups excluding carboxylic acids is 5. The molecular weight excluding hydrogens is 865 g/mol. The molecule has 2 saturated heterocycles. The summed E-state index contributed by atoms with van der Waals surface area (Å²) < 4.78 is 35.5. The molecule has 4 aliphatic rings. The molecule has 1 aromatic carbocycles. The van der Waals surface area contributed by atoms with E-state index in [1.165, 1.54) is 14.2 Å². The summed E-state index contributed by atoms with van der Waals surface area (Å²) >= 11 is 0. The molecule has 3 fully saturated rings. The van der Waals surface area contributed by atoms with Gasteiger partial charge < -0.3 is 54.0 Å². The number of esters is 1. The van der Waals surface area contributed by atoms with Crippen LogP contribution in [-0.2, 0) is 54.1 Å². The smallest absolute Gasteiger partial charge is 0.407 e. The standard InChI is InChI=1S/C51H76N2O14/c1-30-22-31(2)24-43(63-7)46-44(64-8)26-33(4)51(61,67-46)47(57)48(58)53-20-13-12-16-38(53)49(59)66-45(32(3)25-36-17-18-39(54)42(27-36)62-6)34(5)40(55)28-41(56)37(23-30)19-21-65-50(60)52-29-35-14-10-9-11-15-35/h9-11,14-15,23,25,31,33-34,36-40,42-46,54-55,61H,12-13,16-22,24,26-29H2,1-8H3,(H,52,60)/b30-23+,32-25+/t31-,33+,34+,36-,37+,38-,39+,40-,42+,43-,44-,45+,46+,51+/m0/s1. The first-order valence-corrected chi connectivity index (χ1v) is 24.1. The van der Waals surface area contributed by atoms with E-state index >= 15 is 0 Å². The number of piperidine rings is 1. The Labute approximate surface area is 396 Å². The lowest BCUT2D eigenvalue weighted by Crippen LogP contribution is -2.64. The number of aliphatic hydroxyl groups is 3. The van der Waals surface area contributed by atoms with Gasteiger partial charge in [-0.05, 0) is 101 Å². The van der Waals surface area contributed by atoms with Crippen LogP contribution in [-0.4, -0.2) is 139 Å². The molecule has 1 saturated carbocycles. The van der Waals surface area contributed by atoms with Gasteiger partial charge >= 0.3 is 12.1 Å². The molecule has 5 rings (SSSR count). The Morgan fingerprint density at radius 3 is 2.27 bits per heavy atom. The summed E-state index contributed by atoms with van der Waals surface area (Å²) in [5, 5.41) is 37.3. The highest BCUT2D eigenvalue weighted by Crippen LogP contribution is 2.39. The zero-order valence-corrected chi connectivity index (χ0v) is 40.7. The number of fused-ring (bicyclic) bond motifs is 3. The monoisotopic (exact) mass is 941 g/mol. The van der Waals surface area contributed by atoms with Crippen LogP contribution in [0.2, 0.25) is 0 Å². The van der Waals surface area contributed by atoms with Crippen LogP contribution in [0.3, 0.4) is 0 Å². The van der Waals surface area contributed by atoms with E-state index in [1.54, 1.807) is 27.9 Å². The van der Waals surface area contributed by atoms with Crippen LogP contribution >= 0.6 is 0 Å². The van der Waals surface area contributed by atoms with Crippen LogP contribution in [0.25, 0.3) is 0 Å². The number of nitrogens with one attached hydrogen (secondary N) is 1. The number of cyclic esters (lactones) is 1.